The van der Waals surface area contributed by atoms with Crippen molar-refractivity contribution in [3.8, 4) is 0 Å². The maximum atomic E-state index is 7.65. The molecule has 1 N–H and O–H groups in total. The molecule has 2 aromatic rings. The van der Waals surface area contributed by atoms with Crippen LogP contribution in [-0.2, 0) is 0 Å². The van der Waals surface area contributed by atoms with Gasteiger partial charge in [-0.25, -0.2) is 0 Å². The highest BCUT2D eigenvalue weighted by Crippen LogP contribution is 2.25. The van der Waals surface area contributed by atoms with Crippen molar-refractivity contribution in [3.05, 3.63) is 94.6 Å². The largest absolute Gasteiger partial charge is 0.373 e. The highest BCUT2D eigenvalue weighted by Gasteiger charge is 2.15. The molecule has 0 aromatic heterocycles. The summed E-state index contributed by atoms with van der Waals surface area (Å²) in [7, 11) is 2.18. The third-order valence-electron chi connectivity index (χ3n) is 6.64. The molecule has 0 saturated heterocycles. The van der Waals surface area contributed by atoms with Crippen LogP contribution in [0.1, 0.15) is 42.0 Å². The van der Waals surface area contributed by atoms with Gasteiger partial charge in [-0.2, -0.15) is 0 Å². The summed E-state index contributed by atoms with van der Waals surface area (Å²) in [6.45, 7) is 14.9. The van der Waals surface area contributed by atoms with Gasteiger partial charge in [0.2, 0.25) is 0 Å². The zero-order valence-electron chi connectivity index (χ0n) is 20.1. The average molecular weight is 428 g/mol. The van der Waals surface area contributed by atoms with Gasteiger partial charge >= 0.3 is 0 Å². The predicted molar refractivity (Wildman–Crippen MR) is 139 cm³/mol. The fourth-order valence-corrected chi connectivity index (χ4v) is 4.13. The maximum absolute atomic E-state index is 7.65. The molecule has 0 radical (unpaired) electrons. The third-order valence-corrected chi connectivity index (χ3v) is 6.64. The Morgan fingerprint density at radius 1 is 1.00 bits per heavy atom. The molecule has 1 aliphatic rings. The minimum absolute atomic E-state index is 0.944. The van der Waals surface area contributed by atoms with Gasteiger partial charge in [0.25, 0.3) is 0 Å². The van der Waals surface area contributed by atoms with Crippen molar-refractivity contribution in [2.24, 2.45) is 0 Å². The second-order valence-electron chi connectivity index (χ2n) is 8.93. The zero-order chi connectivity index (χ0) is 23.1. The molecule has 2 aromatic carbocycles. The van der Waals surface area contributed by atoms with Crippen LogP contribution in [0.3, 0.4) is 0 Å². The number of nitrogens with zero attached hydrogens (tertiary/aromatic N) is 2. The summed E-state index contributed by atoms with van der Waals surface area (Å²) in [5, 5.41) is 7.65. The minimum Gasteiger partial charge on any atom is -0.373 e. The summed E-state index contributed by atoms with van der Waals surface area (Å²) >= 11 is 0. The normalized spacial score (nSPS) is 15.4. The molecule has 168 valence electrons. The fourth-order valence-electron chi connectivity index (χ4n) is 4.13. The second-order valence-corrected chi connectivity index (χ2v) is 8.93. The van der Waals surface area contributed by atoms with Crippen LogP contribution >= 0.6 is 0 Å². The molecule has 0 atom stereocenters. The Morgan fingerprint density at radius 2 is 1.72 bits per heavy atom. The molecule has 0 unspecified atom stereocenters. The Kier molecular flexibility index (Phi) is 8.24. The van der Waals surface area contributed by atoms with E-state index in [-0.39, 0.29) is 0 Å². The van der Waals surface area contributed by atoms with Crippen LogP contribution < -0.4 is 0 Å². The number of benzene rings is 2. The second kappa shape index (κ2) is 11.1. The summed E-state index contributed by atoms with van der Waals surface area (Å²) in [5.41, 5.74) is 9.77. The standard InChI is InChI=1S/C29H37N3/c1-22-11-12-27(19-24(22)3)25(4)20-29(26-9-7-6-8-10-26)31(5)17-18-32-15-13-23(2)28(21-30)14-16-32/h6-12,19-21,30H,4,13-18H2,1-3,5H3/b29-20-,30-21?. The van der Waals surface area contributed by atoms with Gasteiger partial charge < -0.3 is 15.2 Å². The van der Waals surface area contributed by atoms with E-state index in [1.54, 1.807) is 6.21 Å². The van der Waals surface area contributed by atoms with E-state index in [0.717, 1.165) is 44.6 Å². The minimum atomic E-state index is 0.944. The Balaban J connectivity index is 1.75. The molecular weight excluding hydrogens is 390 g/mol. The molecule has 32 heavy (non-hydrogen) atoms. The predicted octanol–water partition coefficient (Wildman–Crippen LogP) is 6.35. The first-order chi connectivity index (χ1) is 15.4. The van der Waals surface area contributed by atoms with Crippen LogP contribution in [0, 0.1) is 19.3 Å². The molecule has 0 aliphatic carbocycles. The first kappa shape index (κ1) is 23.7. The molecular formula is C29H37N3. The van der Waals surface area contributed by atoms with Gasteiger partial charge in [-0.15, -0.1) is 0 Å². The summed E-state index contributed by atoms with van der Waals surface area (Å²) in [5.74, 6) is 0. The Labute approximate surface area is 194 Å². The van der Waals surface area contributed by atoms with Crippen molar-refractivity contribution >= 4 is 17.5 Å². The third kappa shape index (κ3) is 6.08. The number of nitrogens with one attached hydrogen (secondary N) is 1. The van der Waals surface area contributed by atoms with Gasteiger partial charge in [-0.3, -0.25) is 0 Å². The molecule has 0 saturated carbocycles. The Bertz CT molecular complexity index is 1010. The molecule has 0 spiro atoms. The number of likely N-dealkylation sites (N-methyl/N-ethyl adjacent to an activating group) is 1. The monoisotopic (exact) mass is 427 g/mol. The van der Waals surface area contributed by atoms with Gasteiger partial charge in [0.05, 0.1) is 0 Å². The van der Waals surface area contributed by atoms with Crippen molar-refractivity contribution in [1.29, 1.82) is 5.41 Å². The molecule has 3 nitrogen and oxygen atoms in total. The van der Waals surface area contributed by atoms with E-state index in [9.17, 15) is 0 Å². The van der Waals surface area contributed by atoms with E-state index in [2.05, 4.69) is 98.8 Å². The van der Waals surface area contributed by atoms with E-state index in [1.807, 2.05) is 0 Å². The van der Waals surface area contributed by atoms with E-state index in [4.69, 9.17) is 5.41 Å². The molecule has 3 heteroatoms. The first-order valence-electron chi connectivity index (χ1n) is 11.5. The van der Waals surface area contributed by atoms with E-state index >= 15 is 0 Å². The lowest BCUT2D eigenvalue weighted by molar-refractivity contribution is 0.263. The maximum Gasteiger partial charge on any atom is 0.0443 e. The SMILES string of the molecule is C=C(/C=C(/c1ccccc1)N(C)CCN1CCC(C)=C(C=N)CC1)c1ccc(C)c(C)c1. The summed E-state index contributed by atoms with van der Waals surface area (Å²) < 4.78 is 0. The quantitative estimate of drug-likeness (QED) is 0.393. The molecule has 1 heterocycles. The van der Waals surface area contributed by atoms with Gasteiger partial charge in [0, 0.05) is 45.1 Å². The lowest BCUT2D eigenvalue weighted by atomic mass is 9.99. The Hall–Kier alpha value is -2.91. The lowest BCUT2D eigenvalue weighted by Gasteiger charge is -2.28. The highest BCUT2D eigenvalue weighted by atomic mass is 15.2. The van der Waals surface area contributed by atoms with Crippen LogP contribution in [0.25, 0.3) is 11.3 Å². The number of allylic oxidation sites excluding steroid dienone is 2. The van der Waals surface area contributed by atoms with Crippen LogP contribution in [0.5, 0.6) is 0 Å². The smallest absolute Gasteiger partial charge is 0.0443 e. The van der Waals surface area contributed by atoms with E-state index in [1.165, 1.54) is 39.1 Å². The van der Waals surface area contributed by atoms with Gasteiger partial charge in [0.1, 0.15) is 0 Å². The van der Waals surface area contributed by atoms with Gasteiger partial charge in [0.15, 0.2) is 0 Å². The van der Waals surface area contributed by atoms with E-state index in [0.29, 0.717) is 0 Å². The lowest BCUT2D eigenvalue weighted by Crippen LogP contribution is -2.33. The van der Waals surface area contributed by atoms with Crippen molar-refractivity contribution < 1.29 is 0 Å². The van der Waals surface area contributed by atoms with Crippen molar-refractivity contribution in [2.45, 2.75) is 33.6 Å². The molecule has 0 fully saturated rings. The zero-order valence-corrected chi connectivity index (χ0v) is 20.1. The Morgan fingerprint density at radius 3 is 2.41 bits per heavy atom. The number of hydrogen-bond donors (Lipinski definition) is 1. The first-order valence-corrected chi connectivity index (χ1v) is 11.5. The molecule has 1 aliphatic heterocycles. The topological polar surface area (TPSA) is 30.3 Å². The van der Waals surface area contributed by atoms with Crippen LogP contribution in [-0.4, -0.2) is 49.2 Å². The number of hydrogen-bond acceptors (Lipinski definition) is 3. The average Bonchev–Trinajstić information content (AvgIpc) is 2.98. The van der Waals surface area contributed by atoms with Crippen LogP contribution in [0.4, 0.5) is 0 Å². The summed E-state index contributed by atoms with van der Waals surface area (Å²) in [6, 6.07) is 17.2. The molecule has 3 rings (SSSR count). The highest BCUT2D eigenvalue weighted by molar-refractivity contribution is 5.82. The molecule has 0 bridgehead atoms. The van der Waals surface area contributed by atoms with Gasteiger partial charge in [-0.1, -0.05) is 60.7 Å². The number of rotatable bonds is 8. The summed E-state index contributed by atoms with van der Waals surface area (Å²) in [6.07, 6.45) is 5.80. The van der Waals surface area contributed by atoms with Crippen LogP contribution in [0.15, 0.2) is 72.3 Å². The van der Waals surface area contributed by atoms with Crippen molar-refractivity contribution in [3.63, 3.8) is 0 Å². The fraction of sp³-hybridized carbons (Fsp3) is 0.345. The molecule has 0 amide bonds. The van der Waals surface area contributed by atoms with Gasteiger partial charge in [-0.05, 0) is 73.1 Å². The van der Waals surface area contributed by atoms with Crippen LogP contribution in [0.2, 0.25) is 0 Å². The summed E-state index contributed by atoms with van der Waals surface area (Å²) in [4.78, 5) is 4.88. The van der Waals surface area contributed by atoms with E-state index < -0.39 is 0 Å². The number of aryl methyl sites for hydroxylation is 2. The van der Waals surface area contributed by atoms with Crippen molar-refractivity contribution in [2.75, 3.05) is 33.2 Å². The van der Waals surface area contributed by atoms with Crippen molar-refractivity contribution in [1.82, 2.24) is 9.80 Å².